The van der Waals surface area contributed by atoms with Crippen LogP contribution in [0.3, 0.4) is 0 Å². The number of sulfonamides is 1. The predicted molar refractivity (Wildman–Crippen MR) is 104 cm³/mol. The van der Waals surface area contributed by atoms with Crippen LogP contribution in [0.2, 0.25) is 0 Å². The summed E-state index contributed by atoms with van der Waals surface area (Å²) in [5.41, 5.74) is 2.75. The fraction of sp³-hybridized carbons (Fsp3) is 0.263. The number of carbonyl (C=O) groups is 2. The van der Waals surface area contributed by atoms with Gasteiger partial charge in [0.15, 0.2) is 0 Å². The van der Waals surface area contributed by atoms with E-state index in [2.05, 4.69) is 15.4 Å². The Morgan fingerprint density at radius 2 is 1.52 bits per heavy atom. The van der Waals surface area contributed by atoms with Gasteiger partial charge in [-0.3, -0.25) is 9.59 Å². The highest BCUT2D eigenvalue weighted by molar-refractivity contribution is 7.89. The predicted octanol–water partition coefficient (Wildman–Crippen LogP) is 1.97. The van der Waals surface area contributed by atoms with Crippen molar-refractivity contribution in [3.05, 3.63) is 59.2 Å². The van der Waals surface area contributed by atoms with E-state index in [1.165, 1.54) is 6.92 Å². The molecule has 2 aromatic rings. The van der Waals surface area contributed by atoms with Gasteiger partial charge in [-0.2, -0.15) is 0 Å². The molecule has 0 fully saturated rings. The van der Waals surface area contributed by atoms with E-state index in [4.69, 9.17) is 0 Å². The molecule has 7 nitrogen and oxygen atoms in total. The fourth-order valence-electron chi connectivity index (χ4n) is 2.54. The summed E-state index contributed by atoms with van der Waals surface area (Å²) >= 11 is 0. The quantitative estimate of drug-likeness (QED) is 0.630. The molecule has 2 amide bonds. The van der Waals surface area contributed by atoms with Gasteiger partial charge in [-0.1, -0.05) is 6.07 Å². The first kappa shape index (κ1) is 20.6. The van der Waals surface area contributed by atoms with E-state index in [-0.39, 0.29) is 29.8 Å². The number of hydrogen-bond acceptors (Lipinski definition) is 4. The van der Waals surface area contributed by atoms with Crippen molar-refractivity contribution in [3.8, 4) is 0 Å². The van der Waals surface area contributed by atoms with E-state index in [9.17, 15) is 18.0 Å². The van der Waals surface area contributed by atoms with Crippen LogP contribution in [0.15, 0.2) is 47.4 Å². The van der Waals surface area contributed by atoms with Crippen LogP contribution >= 0.6 is 0 Å². The highest BCUT2D eigenvalue weighted by atomic mass is 32.2. The maximum Gasteiger partial charge on any atom is 0.251 e. The second-order valence-electron chi connectivity index (χ2n) is 6.24. The number of benzene rings is 2. The Balaban J connectivity index is 1.86. The van der Waals surface area contributed by atoms with Crippen molar-refractivity contribution in [3.63, 3.8) is 0 Å². The molecule has 0 bridgehead atoms. The lowest BCUT2D eigenvalue weighted by molar-refractivity contribution is -0.114. The highest BCUT2D eigenvalue weighted by Crippen LogP contribution is 2.14. The Morgan fingerprint density at radius 3 is 2.07 bits per heavy atom. The van der Waals surface area contributed by atoms with E-state index in [0.29, 0.717) is 11.3 Å². The first-order valence-corrected chi connectivity index (χ1v) is 9.89. The minimum atomic E-state index is -3.63. The van der Waals surface area contributed by atoms with Crippen LogP contribution in [0.1, 0.15) is 28.4 Å². The van der Waals surface area contributed by atoms with Crippen LogP contribution in [0.5, 0.6) is 0 Å². The average Bonchev–Trinajstić information content (AvgIpc) is 2.58. The molecule has 0 heterocycles. The van der Waals surface area contributed by atoms with E-state index < -0.39 is 10.0 Å². The van der Waals surface area contributed by atoms with Crippen LogP contribution < -0.4 is 15.4 Å². The van der Waals surface area contributed by atoms with Gasteiger partial charge in [-0.25, -0.2) is 13.1 Å². The van der Waals surface area contributed by atoms with Gasteiger partial charge in [0, 0.05) is 31.3 Å². The maximum atomic E-state index is 12.3. The van der Waals surface area contributed by atoms with E-state index in [0.717, 1.165) is 11.1 Å². The van der Waals surface area contributed by atoms with Gasteiger partial charge in [0.1, 0.15) is 0 Å². The molecule has 0 aliphatic rings. The van der Waals surface area contributed by atoms with Crippen molar-refractivity contribution in [1.82, 2.24) is 10.0 Å². The minimum absolute atomic E-state index is 0.0744. The molecule has 0 radical (unpaired) electrons. The van der Waals surface area contributed by atoms with E-state index >= 15 is 0 Å². The molecular formula is C19H23N3O4S. The number of amides is 2. The molecule has 0 aromatic heterocycles. The van der Waals surface area contributed by atoms with Crippen LogP contribution in [0.4, 0.5) is 5.69 Å². The lowest BCUT2D eigenvalue weighted by atomic mass is 10.2. The maximum absolute atomic E-state index is 12.3. The molecule has 0 unspecified atom stereocenters. The summed E-state index contributed by atoms with van der Waals surface area (Å²) in [7, 11) is -3.63. The van der Waals surface area contributed by atoms with Gasteiger partial charge in [-0.05, 0) is 61.4 Å². The van der Waals surface area contributed by atoms with Gasteiger partial charge < -0.3 is 10.6 Å². The molecule has 0 saturated carbocycles. The monoisotopic (exact) mass is 389 g/mol. The van der Waals surface area contributed by atoms with Gasteiger partial charge >= 0.3 is 0 Å². The second-order valence-corrected chi connectivity index (χ2v) is 8.00. The molecule has 27 heavy (non-hydrogen) atoms. The molecule has 0 aliphatic heterocycles. The highest BCUT2D eigenvalue weighted by Gasteiger charge is 2.14. The summed E-state index contributed by atoms with van der Waals surface area (Å²) in [5, 5.41) is 5.27. The lowest BCUT2D eigenvalue weighted by Crippen LogP contribution is -2.34. The number of rotatable bonds is 7. The number of nitrogens with one attached hydrogen (secondary N) is 3. The Morgan fingerprint density at radius 1 is 0.926 bits per heavy atom. The van der Waals surface area contributed by atoms with Crippen molar-refractivity contribution in [1.29, 1.82) is 0 Å². The number of anilines is 1. The fourth-order valence-corrected chi connectivity index (χ4v) is 3.76. The summed E-state index contributed by atoms with van der Waals surface area (Å²) in [6, 6.07) is 11.5. The Labute approximate surface area is 159 Å². The normalized spacial score (nSPS) is 11.1. The van der Waals surface area contributed by atoms with Crippen LogP contribution in [0, 0.1) is 13.8 Å². The molecule has 0 saturated heterocycles. The molecular weight excluding hydrogens is 366 g/mol. The minimum Gasteiger partial charge on any atom is -0.351 e. The van der Waals surface area contributed by atoms with Gasteiger partial charge in [-0.15, -0.1) is 0 Å². The van der Waals surface area contributed by atoms with Gasteiger partial charge in [0.2, 0.25) is 15.9 Å². The van der Waals surface area contributed by atoms with Crippen molar-refractivity contribution >= 4 is 27.5 Å². The number of aryl methyl sites for hydroxylation is 2. The van der Waals surface area contributed by atoms with Crippen molar-refractivity contribution in [2.45, 2.75) is 25.7 Å². The number of carbonyl (C=O) groups excluding carboxylic acids is 2. The first-order chi connectivity index (χ1) is 12.7. The second kappa shape index (κ2) is 8.79. The topological polar surface area (TPSA) is 104 Å². The zero-order chi connectivity index (χ0) is 20.0. The third kappa shape index (κ3) is 6.19. The largest absolute Gasteiger partial charge is 0.351 e. The summed E-state index contributed by atoms with van der Waals surface area (Å²) < 4.78 is 27.1. The van der Waals surface area contributed by atoms with Crippen LogP contribution in [-0.4, -0.2) is 33.3 Å². The molecule has 144 valence electrons. The summed E-state index contributed by atoms with van der Waals surface area (Å²) in [4.78, 5) is 23.3. The van der Waals surface area contributed by atoms with Crippen molar-refractivity contribution in [2.75, 3.05) is 18.4 Å². The standard InChI is InChI=1S/C19H23N3O4S/c1-13-10-14(2)12-18(11-13)27(25,26)21-9-8-20-19(24)16-4-6-17(7-5-16)22-15(3)23/h4-7,10-12,21H,8-9H2,1-3H3,(H,20,24)(H,22,23). The lowest BCUT2D eigenvalue weighted by Gasteiger charge is -2.10. The van der Waals surface area contributed by atoms with E-state index in [1.807, 2.05) is 19.9 Å². The molecule has 0 atom stereocenters. The Bertz CT molecular complexity index is 918. The molecule has 0 aliphatic carbocycles. The molecule has 2 aromatic carbocycles. The average molecular weight is 389 g/mol. The zero-order valence-electron chi connectivity index (χ0n) is 15.5. The Hall–Kier alpha value is -2.71. The Kier molecular flexibility index (Phi) is 6.70. The number of hydrogen-bond donors (Lipinski definition) is 3. The molecule has 2 rings (SSSR count). The smallest absolute Gasteiger partial charge is 0.251 e. The first-order valence-electron chi connectivity index (χ1n) is 8.41. The summed E-state index contributed by atoms with van der Waals surface area (Å²) in [5.74, 6) is -0.515. The zero-order valence-corrected chi connectivity index (χ0v) is 16.3. The molecule has 3 N–H and O–H groups in total. The van der Waals surface area contributed by atoms with Gasteiger partial charge in [0.05, 0.1) is 4.90 Å². The summed E-state index contributed by atoms with van der Waals surface area (Å²) in [6.07, 6.45) is 0. The van der Waals surface area contributed by atoms with E-state index in [1.54, 1.807) is 36.4 Å². The SMILES string of the molecule is CC(=O)Nc1ccc(C(=O)NCCNS(=O)(=O)c2cc(C)cc(C)c2)cc1. The van der Waals surface area contributed by atoms with Gasteiger partial charge in [0.25, 0.3) is 5.91 Å². The molecule has 8 heteroatoms. The summed E-state index contributed by atoms with van der Waals surface area (Å²) in [6.45, 7) is 5.30. The molecule has 0 spiro atoms. The third-order valence-corrected chi connectivity index (χ3v) is 5.12. The van der Waals surface area contributed by atoms with Crippen LogP contribution in [-0.2, 0) is 14.8 Å². The third-order valence-electron chi connectivity index (χ3n) is 3.68. The van der Waals surface area contributed by atoms with Crippen molar-refractivity contribution < 1.29 is 18.0 Å². The van der Waals surface area contributed by atoms with Crippen molar-refractivity contribution in [2.24, 2.45) is 0 Å². The van der Waals surface area contributed by atoms with Crippen LogP contribution in [0.25, 0.3) is 0 Å².